The van der Waals surface area contributed by atoms with E-state index >= 15 is 0 Å². The van der Waals surface area contributed by atoms with E-state index in [2.05, 4.69) is 30.9 Å². The maximum atomic E-state index is 5.37. The Hall–Kier alpha value is -0.600. The van der Waals surface area contributed by atoms with Gasteiger partial charge in [-0.25, -0.2) is 0 Å². The van der Waals surface area contributed by atoms with Crippen LogP contribution in [0.15, 0.2) is 23.3 Å². The van der Waals surface area contributed by atoms with Gasteiger partial charge in [-0.2, -0.15) is 0 Å². The van der Waals surface area contributed by atoms with Gasteiger partial charge in [0, 0.05) is 13.1 Å². The van der Waals surface area contributed by atoms with Gasteiger partial charge in [0.25, 0.3) is 0 Å². The predicted molar refractivity (Wildman–Crippen MR) is 72.1 cm³/mol. The summed E-state index contributed by atoms with van der Waals surface area (Å²) in [5.41, 5.74) is 3.09. The minimum absolute atomic E-state index is 0.793. The van der Waals surface area contributed by atoms with E-state index in [4.69, 9.17) is 4.74 Å². The topological polar surface area (TPSA) is 12.5 Å². The van der Waals surface area contributed by atoms with Crippen molar-refractivity contribution in [2.24, 2.45) is 5.92 Å². The Morgan fingerprint density at radius 2 is 2.06 bits per heavy atom. The Kier molecular flexibility index (Phi) is 4.81. The lowest BCUT2D eigenvalue weighted by Crippen LogP contribution is -2.36. The minimum Gasteiger partial charge on any atom is -0.379 e. The van der Waals surface area contributed by atoms with Crippen LogP contribution < -0.4 is 0 Å². The van der Waals surface area contributed by atoms with Gasteiger partial charge in [-0.05, 0) is 45.6 Å². The highest BCUT2D eigenvalue weighted by atomic mass is 16.5. The van der Waals surface area contributed by atoms with Gasteiger partial charge in [-0.1, -0.05) is 23.3 Å². The Bertz CT molecular complexity index is 300. The van der Waals surface area contributed by atoms with Crippen LogP contribution >= 0.6 is 0 Å². The van der Waals surface area contributed by atoms with E-state index in [0.717, 1.165) is 32.2 Å². The molecule has 0 aromatic rings. The van der Waals surface area contributed by atoms with Gasteiger partial charge in [0.15, 0.2) is 0 Å². The van der Waals surface area contributed by atoms with Gasteiger partial charge in [-0.15, -0.1) is 0 Å². The van der Waals surface area contributed by atoms with Crippen molar-refractivity contribution in [2.45, 2.75) is 33.1 Å². The third-order valence-electron chi connectivity index (χ3n) is 4.15. The minimum atomic E-state index is 0.793. The third kappa shape index (κ3) is 3.68. The Labute approximate surface area is 105 Å². The zero-order chi connectivity index (χ0) is 12.1. The predicted octanol–water partition coefficient (Wildman–Crippen LogP) is 3.01. The number of rotatable bonds is 4. The van der Waals surface area contributed by atoms with Crippen molar-refractivity contribution in [3.63, 3.8) is 0 Å². The average Bonchev–Trinajstić information content (AvgIpc) is 2.36. The number of nitrogens with zero attached hydrogens (tertiary/aromatic N) is 1. The van der Waals surface area contributed by atoms with Crippen molar-refractivity contribution in [1.82, 2.24) is 4.90 Å². The van der Waals surface area contributed by atoms with Gasteiger partial charge >= 0.3 is 0 Å². The fourth-order valence-corrected chi connectivity index (χ4v) is 2.76. The molecule has 96 valence electrons. The van der Waals surface area contributed by atoms with E-state index in [9.17, 15) is 0 Å². The molecule has 2 nitrogen and oxygen atoms in total. The molecular weight excluding hydrogens is 210 g/mol. The van der Waals surface area contributed by atoms with Crippen molar-refractivity contribution < 1.29 is 4.74 Å². The molecule has 0 aromatic heterocycles. The fourth-order valence-electron chi connectivity index (χ4n) is 2.76. The largest absolute Gasteiger partial charge is 0.379 e. The molecule has 17 heavy (non-hydrogen) atoms. The molecule has 1 heterocycles. The molecule has 1 unspecified atom stereocenters. The fraction of sp³-hybridized carbons (Fsp3) is 0.733. The third-order valence-corrected chi connectivity index (χ3v) is 4.15. The van der Waals surface area contributed by atoms with Gasteiger partial charge in [-0.3, -0.25) is 4.90 Å². The van der Waals surface area contributed by atoms with Crippen LogP contribution in [0.5, 0.6) is 0 Å². The first-order valence-corrected chi connectivity index (χ1v) is 6.91. The molecule has 1 saturated heterocycles. The summed E-state index contributed by atoms with van der Waals surface area (Å²) in [7, 11) is 0. The summed E-state index contributed by atoms with van der Waals surface area (Å²) in [5, 5.41) is 0. The molecule has 0 N–H and O–H groups in total. The van der Waals surface area contributed by atoms with Crippen LogP contribution in [0.1, 0.15) is 33.1 Å². The van der Waals surface area contributed by atoms with Crippen LogP contribution in [-0.4, -0.2) is 37.7 Å². The van der Waals surface area contributed by atoms with E-state index in [1.165, 1.54) is 31.4 Å². The summed E-state index contributed by atoms with van der Waals surface area (Å²) in [4.78, 5) is 2.54. The van der Waals surface area contributed by atoms with Crippen molar-refractivity contribution in [3.05, 3.63) is 23.3 Å². The molecule has 2 heteroatoms. The SMILES string of the molecule is CC1=C(C)C(CCCN2CCOCC2)CC=C1. The highest BCUT2D eigenvalue weighted by Crippen LogP contribution is 2.28. The zero-order valence-electron chi connectivity index (χ0n) is 11.2. The van der Waals surface area contributed by atoms with Gasteiger partial charge in [0.1, 0.15) is 0 Å². The first-order chi connectivity index (χ1) is 8.27. The van der Waals surface area contributed by atoms with E-state index in [1.54, 1.807) is 5.57 Å². The molecular formula is C15H25NO. The molecule has 0 amide bonds. The zero-order valence-corrected chi connectivity index (χ0v) is 11.2. The van der Waals surface area contributed by atoms with E-state index in [-0.39, 0.29) is 0 Å². The highest BCUT2D eigenvalue weighted by molar-refractivity contribution is 5.28. The van der Waals surface area contributed by atoms with Crippen LogP contribution in [0.25, 0.3) is 0 Å². The Morgan fingerprint density at radius 3 is 2.82 bits per heavy atom. The number of morpholine rings is 1. The maximum absolute atomic E-state index is 5.37. The highest BCUT2D eigenvalue weighted by Gasteiger charge is 2.15. The normalized spacial score (nSPS) is 26.6. The van der Waals surface area contributed by atoms with Gasteiger partial charge in [0.2, 0.25) is 0 Å². The average molecular weight is 235 g/mol. The van der Waals surface area contributed by atoms with E-state index < -0.39 is 0 Å². The maximum Gasteiger partial charge on any atom is 0.0594 e. The molecule has 2 aliphatic rings. The molecule has 1 fully saturated rings. The summed E-state index contributed by atoms with van der Waals surface area (Å²) < 4.78 is 5.37. The lowest BCUT2D eigenvalue weighted by atomic mass is 9.85. The Morgan fingerprint density at radius 1 is 1.29 bits per heavy atom. The molecule has 0 bridgehead atoms. The van der Waals surface area contributed by atoms with Crippen molar-refractivity contribution in [2.75, 3.05) is 32.8 Å². The second-order valence-corrected chi connectivity index (χ2v) is 5.30. The second kappa shape index (κ2) is 6.36. The molecule has 0 spiro atoms. The summed E-state index contributed by atoms with van der Waals surface area (Å²) in [5.74, 6) is 0.793. The standard InChI is InChI=1S/C15H25NO/c1-13-5-3-6-15(14(13)2)7-4-8-16-9-11-17-12-10-16/h3,5,15H,4,6-12H2,1-2H3. The number of allylic oxidation sites excluding steroid dienone is 4. The van der Waals surface area contributed by atoms with Crippen molar-refractivity contribution in [1.29, 1.82) is 0 Å². The molecule has 0 saturated carbocycles. The van der Waals surface area contributed by atoms with Crippen molar-refractivity contribution >= 4 is 0 Å². The van der Waals surface area contributed by atoms with Crippen LogP contribution in [0.2, 0.25) is 0 Å². The van der Waals surface area contributed by atoms with Crippen LogP contribution in [0, 0.1) is 5.92 Å². The lowest BCUT2D eigenvalue weighted by molar-refractivity contribution is 0.0368. The van der Waals surface area contributed by atoms with Gasteiger partial charge < -0.3 is 4.74 Å². The second-order valence-electron chi connectivity index (χ2n) is 5.30. The van der Waals surface area contributed by atoms with Crippen LogP contribution in [0.4, 0.5) is 0 Å². The monoisotopic (exact) mass is 235 g/mol. The molecule has 0 radical (unpaired) electrons. The smallest absolute Gasteiger partial charge is 0.0594 e. The quantitative estimate of drug-likeness (QED) is 0.742. The molecule has 1 aliphatic heterocycles. The first kappa shape index (κ1) is 12.8. The number of hydrogen-bond acceptors (Lipinski definition) is 2. The molecule has 1 atom stereocenters. The van der Waals surface area contributed by atoms with E-state index in [0.29, 0.717) is 0 Å². The number of hydrogen-bond donors (Lipinski definition) is 0. The number of ether oxygens (including phenoxy) is 1. The first-order valence-electron chi connectivity index (χ1n) is 6.91. The van der Waals surface area contributed by atoms with Crippen molar-refractivity contribution in [3.8, 4) is 0 Å². The Balaban J connectivity index is 1.70. The summed E-state index contributed by atoms with van der Waals surface area (Å²) >= 11 is 0. The molecule has 0 aromatic carbocycles. The van der Waals surface area contributed by atoms with E-state index in [1.807, 2.05) is 0 Å². The van der Waals surface area contributed by atoms with Gasteiger partial charge in [0.05, 0.1) is 13.2 Å². The van der Waals surface area contributed by atoms with Crippen LogP contribution in [-0.2, 0) is 4.74 Å². The lowest BCUT2D eigenvalue weighted by Gasteiger charge is -2.28. The molecule has 2 rings (SSSR count). The molecule has 1 aliphatic carbocycles. The summed E-state index contributed by atoms with van der Waals surface area (Å²) in [6.45, 7) is 9.87. The summed E-state index contributed by atoms with van der Waals surface area (Å²) in [6.07, 6.45) is 8.51. The van der Waals surface area contributed by atoms with Crippen LogP contribution in [0.3, 0.4) is 0 Å². The summed E-state index contributed by atoms with van der Waals surface area (Å²) in [6, 6.07) is 0.